The molecule has 1 aromatic heterocycles. The SMILES string of the molecule is CN(c1cc(Cl)ncn1)[C@@H]1COC[C@H]1F. The summed E-state index contributed by atoms with van der Waals surface area (Å²) in [6.07, 6.45) is 0.376. The molecule has 0 unspecified atom stereocenters. The second-order valence-electron chi connectivity index (χ2n) is 3.43. The number of halogens is 2. The van der Waals surface area contributed by atoms with E-state index in [4.69, 9.17) is 16.3 Å². The highest BCUT2D eigenvalue weighted by molar-refractivity contribution is 6.29. The summed E-state index contributed by atoms with van der Waals surface area (Å²) in [5.74, 6) is 0.605. The van der Waals surface area contributed by atoms with Gasteiger partial charge in [0, 0.05) is 13.1 Å². The molecular formula is C9H11ClFN3O. The fourth-order valence-electron chi connectivity index (χ4n) is 1.56. The topological polar surface area (TPSA) is 38.2 Å². The number of alkyl halides is 1. The van der Waals surface area contributed by atoms with E-state index in [1.54, 1.807) is 18.0 Å². The molecule has 1 aliphatic rings. The van der Waals surface area contributed by atoms with Crippen molar-refractivity contribution in [2.45, 2.75) is 12.2 Å². The van der Waals surface area contributed by atoms with E-state index in [2.05, 4.69) is 9.97 Å². The summed E-state index contributed by atoms with van der Waals surface area (Å²) in [5.41, 5.74) is 0. The molecule has 0 aliphatic carbocycles. The molecule has 1 aromatic rings. The molecule has 0 aromatic carbocycles. The Morgan fingerprint density at radius 2 is 2.33 bits per heavy atom. The molecule has 0 radical (unpaired) electrons. The van der Waals surface area contributed by atoms with E-state index in [-0.39, 0.29) is 12.6 Å². The van der Waals surface area contributed by atoms with Crippen molar-refractivity contribution < 1.29 is 9.13 Å². The Kier molecular flexibility index (Phi) is 3.02. The number of hydrogen-bond acceptors (Lipinski definition) is 4. The summed E-state index contributed by atoms with van der Waals surface area (Å²) >= 11 is 5.73. The standard InChI is InChI=1S/C9H11ClFN3O/c1-14(7-4-15-3-6(7)11)9-2-8(10)12-5-13-9/h2,5-7H,3-4H2,1H3/t6-,7-/m1/s1. The summed E-state index contributed by atoms with van der Waals surface area (Å²) in [7, 11) is 1.77. The van der Waals surface area contributed by atoms with Gasteiger partial charge in [-0.1, -0.05) is 11.6 Å². The molecule has 0 spiro atoms. The highest BCUT2D eigenvalue weighted by Crippen LogP contribution is 2.21. The van der Waals surface area contributed by atoms with Gasteiger partial charge in [0.15, 0.2) is 0 Å². The zero-order chi connectivity index (χ0) is 10.8. The number of aromatic nitrogens is 2. The highest BCUT2D eigenvalue weighted by atomic mass is 35.5. The largest absolute Gasteiger partial charge is 0.376 e. The molecule has 0 bridgehead atoms. The molecule has 0 N–H and O–H groups in total. The second kappa shape index (κ2) is 4.28. The third-order valence-electron chi connectivity index (χ3n) is 2.46. The van der Waals surface area contributed by atoms with Crippen LogP contribution < -0.4 is 4.90 Å². The lowest BCUT2D eigenvalue weighted by Crippen LogP contribution is -2.39. The van der Waals surface area contributed by atoms with Crippen LogP contribution in [0.5, 0.6) is 0 Å². The average molecular weight is 232 g/mol. The summed E-state index contributed by atoms with van der Waals surface area (Å²) in [6, 6.07) is 1.31. The lowest BCUT2D eigenvalue weighted by Gasteiger charge is -2.25. The quantitative estimate of drug-likeness (QED) is 0.720. The van der Waals surface area contributed by atoms with Crippen LogP contribution in [0.25, 0.3) is 0 Å². The Balaban J connectivity index is 2.16. The Morgan fingerprint density at radius 3 is 2.93 bits per heavy atom. The van der Waals surface area contributed by atoms with Gasteiger partial charge < -0.3 is 9.64 Å². The number of anilines is 1. The molecule has 1 fully saturated rings. The normalized spacial score (nSPS) is 25.5. The van der Waals surface area contributed by atoms with Crippen molar-refractivity contribution in [3.8, 4) is 0 Å². The first kappa shape index (κ1) is 10.6. The third-order valence-corrected chi connectivity index (χ3v) is 2.67. The highest BCUT2D eigenvalue weighted by Gasteiger charge is 2.32. The van der Waals surface area contributed by atoms with E-state index in [0.29, 0.717) is 17.6 Å². The van der Waals surface area contributed by atoms with E-state index in [1.807, 2.05) is 0 Å². The van der Waals surface area contributed by atoms with Crippen LogP contribution in [0.4, 0.5) is 10.2 Å². The minimum atomic E-state index is -0.983. The molecule has 15 heavy (non-hydrogen) atoms. The summed E-state index contributed by atoms with van der Waals surface area (Å²) in [6.45, 7) is 0.521. The maximum Gasteiger partial charge on any atom is 0.146 e. The fraction of sp³-hybridized carbons (Fsp3) is 0.556. The first-order valence-corrected chi connectivity index (χ1v) is 4.98. The molecule has 0 amide bonds. The molecule has 2 rings (SSSR count). The van der Waals surface area contributed by atoms with Gasteiger partial charge in [0.1, 0.15) is 23.5 Å². The van der Waals surface area contributed by atoms with Crippen LogP contribution in [0.1, 0.15) is 0 Å². The van der Waals surface area contributed by atoms with Crippen LogP contribution in [0.3, 0.4) is 0 Å². The van der Waals surface area contributed by atoms with Crippen molar-refractivity contribution in [1.82, 2.24) is 9.97 Å². The molecule has 82 valence electrons. The summed E-state index contributed by atoms with van der Waals surface area (Å²) in [4.78, 5) is 9.52. The summed E-state index contributed by atoms with van der Waals surface area (Å²) in [5, 5.41) is 0.348. The lowest BCUT2D eigenvalue weighted by molar-refractivity contribution is 0.173. The van der Waals surface area contributed by atoms with E-state index in [9.17, 15) is 4.39 Å². The smallest absolute Gasteiger partial charge is 0.146 e. The van der Waals surface area contributed by atoms with Crippen molar-refractivity contribution in [3.05, 3.63) is 17.5 Å². The first-order chi connectivity index (χ1) is 7.18. The first-order valence-electron chi connectivity index (χ1n) is 4.60. The predicted octanol–water partition coefficient (Wildman–Crippen LogP) is 1.30. The number of ether oxygens (including phenoxy) is 1. The Morgan fingerprint density at radius 1 is 1.53 bits per heavy atom. The van der Waals surface area contributed by atoms with Gasteiger partial charge in [-0.05, 0) is 0 Å². The molecule has 6 heteroatoms. The van der Waals surface area contributed by atoms with E-state index >= 15 is 0 Å². The Bertz CT molecular complexity index is 352. The van der Waals surface area contributed by atoms with Gasteiger partial charge >= 0.3 is 0 Å². The van der Waals surface area contributed by atoms with Gasteiger partial charge in [-0.3, -0.25) is 0 Å². The second-order valence-corrected chi connectivity index (χ2v) is 3.82. The molecule has 4 nitrogen and oxygen atoms in total. The van der Waals surface area contributed by atoms with Crippen LogP contribution in [-0.4, -0.2) is 42.4 Å². The van der Waals surface area contributed by atoms with Crippen molar-refractivity contribution in [3.63, 3.8) is 0 Å². The lowest BCUT2D eigenvalue weighted by atomic mass is 10.2. The number of nitrogens with zero attached hydrogens (tertiary/aromatic N) is 3. The van der Waals surface area contributed by atoms with Gasteiger partial charge in [0.05, 0.1) is 19.3 Å². The minimum absolute atomic E-state index is 0.147. The van der Waals surface area contributed by atoms with Gasteiger partial charge in [-0.2, -0.15) is 0 Å². The Labute approximate surface area is 92.0 Å². The molecule has 0 saturated carbocycles. The van der Waals surface area contributed by atoms with Gasteiger partial charge in [-0.15, -0.1) is 0 Å². The molecular weight excluding hydrogens is 221 g/mol. The van der Waals surface area contributed by atoms with Crippen LogP contribution in [0.15, 0.2) is 12.4 Å². The maximum atomic E-state index is 13.4. The molecule has 1 aliphatic heterocycles. The average Bonchev–Trinajstić information content (AvgIpc) is 2.63. The van der Waals surface area contributed by atoms with E-state index in [0.717, 1.165) is 0 Å². The maximum absolute atomic E-state index is 13.4. The molecule has 2 heterocycles. The Hall–Kier alpha value is -0.940. The monoisotopic (exact) mass is 231 g/mol. The third kappa shape index (κ3) is 2.18. The number of rotatable bonds is 2. The van der Waals surface area contributed by atoms with Crippen molar-refractivity contribution in [1.29, 1.82) is 0 Å². The van der Waals surface area contributed by atoms with Gasteiger partial charge in [-0.25, -0.2) is 14.4 Å². The van der Waals surface area contributed by atoms with E-state index in [1.165, 1.54) is 6.33 Å². The van der Waals surface area contributed by atoms with Crippen LogP contribution in [-0.2, 0) is 4.74 Å². The molecule has 1 saturated heterocycles. The van der Waals surface area contributed by atoms with Crippen LogP contribution >= 0.6 is 11.6 Å². The van der Waals surface area contributed by atoms with Crippen LogP contribution in [0.2, 0.25) is 5.15 Å². The van der Waals surface area contributed by atoms with Crippen LogP contribution in [0, 0.1) is 0 Å². The number of hydrogen-bond donors (Lipinski definition) is 0. The van der Waals surface area contributed by atoms with Crippen molar-refractivity contribution in [2.75, 3.05) is 25.2 Å². The predicted molar refractivity (Wildman–Crippen MR) is 54.9 cm³/mol. The van der Waals surface area contributed by atoms with Gasteiger partial charge in [0.25, 0.3) is 0 Å². The van der Waals surface area contributed by atoms with Crippen molar-refractivity contribution >= 4 is 17.4 Å². The summed E-state index contributed by atoms with van der Waals surface area (Å²) < 4.78 is 18.4. The zero-order valence-corrected chi connectivity index (χ0v) is 8.99. The van der Waals surface area contributed by atoms with Crippen molar-refractivity contribution in [2.24, 2.45) is 0 Å². The number of likely N-dealkylation sites (N-methyl/N-ethyl adjacent to an activating group) is 1. The molecule has 2 atom stereocenters. The van der Waals surface area contributed by atoms with E-state index < -0.39 is 6.17 Å². The zero-order valence-electron chi connectivity index (χ0n) is 8.23. The fourth-order valence-corrected chi connectivity index (χ4v) is 1.70. The van der Waals surface area contributed by atoms with Gasteiger partial charge in [0.2, 0.25) is 0 Å². The minimum Gasteiger partial charge on any atom is -0.376 e.